The summed E-state index contributed by atoms with van der Waals surface area (Å²) < 4.78 is 8.65. The van der Waals surface area contributed by atoms with Crippen molar-refractivity contribution in [2.24, 2.45) is 0 Å². The standard InChI is InChI=1S/C55H35N5OS/c1-4-14-35(15-5-1)44-33-45(36-16-6-2-7-17-36)57-54(56-44)43-22-13-25-48-51(43)41-31-30-39(32-49(41)62-48)34-26-28-38(29-27-34)53-58-52(37-18-8-3-9-19-37)59-55(60-53)42-21-12-24-47-50(42)40-20-10-11-23-46(40)61-47/h1-16,18-33,36H,17H2. The summed E-state index contributed by atoms with van der Waals surface area (Å²) in [7, 11) is 0. The molecular weight excluding hydrogens is 779 g/mol. The Bertz CT molecular complexity index is 3550. The Labute approximate surface area is 361 Å². The van der Waals surface area contributed by atoms with E-state index in [1.54, 1.807) is 11.3 Å². The molecule has 0 radical (unpaired) electrons. The second kappa shape index (κ2) is 15.0. The quantitative estimate of drug-likeness (QED) is 0.159. The number of fused-ring (bicyclic) bond motifs is 6. The van der Waals surface area contributed by atoms with Gasteiger partial charge in [0.1, 0.15) is 11.2 Å². The fourth-order valence-corrected chi connectivity index (χ4v) is 9.81. The van der Waals surface area contributed by atoms with E-state index in [9.17, 15) is 0 Å². The van der Waals surface area contributed by atoms with Gasteiger partial charge in [0, 0.05) is 64.7 Å². The van der Waals surface area contributed by atoms with Crippen LogP contribution in [0, 0.1) is 0 Å². The van der Waals surface area contributed by atoms with E-state index in [4.69, 9.17) is 29.3 Å². The van der Waals surface area contributed by atoms with Crippen molar-refractivity contribution in [1.29, 1.82) is 0 Å². The number of rotatable bonds is 7. The van der Waals surface area contributed by atoms with Crippen LogP contribution in [0.15, 0.2) is 199 Å². The molecule has 7 aromatic carbocycles. The van der Waals surface area contributed by atoms with Crippen molar-refractivity contribution < 1.29 is 4.42 Å². The molecule has 7 heteroatoms. The van der Waals surface area contributed by atoms with Crippen LogP contribution in [-0.4, -0.2) is 24.9 Å². The molecule has 1 atom stereocenters. The summed E-state index contributed by atoms with van der Waals surface area (Å²) in [5.41, 5.74) is 10.7. The molecule has 0 aliphatic heterocycles. The summed E-state index contributed by atoms with van der Waals surface area (Å²) in [5.74, 6) is 2.77. The van der Waals surface area contributed by atoms with Crippen LogP contribution in [0.25, 0.3) is 110 Å². The molecule has 0 saturated carbocycles. The summed E-state index contributed by atoms with van der Waals surface area (Å²) >= 11 is 1.80. The normalized spacial score (nSPS) is 13.8. The van der Waals surface area contributed by atoms with Crippen molar-refractivity contribution in [2.45, 2.75) is 12.3 Å². The zero-order valence-corrected chi connectivity index (χ0v) is 34.1. The fraction of sp³-hybridized carbons (Fsp3) is 0.0364. The number of para-hydroxylation sites is 1. The Kier molecular flexibility index (Phi) is 8.71. The molecule has 0 spiro atoms. The largest absolute Gasteiger partial charge is 0.456 e. The molecule has 292 valence electrons. The lowest BCUT2D eigenvalue weighted by Gasteiger charge is -2.16. The van der Waals surface area contributed by atoms with Gasteiger partial charge in [-0.2, -0.15) is 0 Å². The second-order valence-electron chi connectivity index (χ2n) is 15.5. The first kappa shape index (κ1) is 36.0. The minimum absolute atomic E-state index is 0.201. The molecule has 6 nitrogen and oxygen atoms in total. The monoisotopic (exact) mass is 813 g/mol. The number of thiophene rings is 1. The number of hydrogen-bond acceptors (Lipinski definition) is 7. The average Bonchev–Trinajstić information content (AvgIpc) is 3.93. The van der Waals surface area contributed by atoms with Gasteiger partial charge in [-0.3, -0.25) is 0 Å². The third-order valence-electron chi connectivity index (χ3n) is 11.7. The van der Waals surface area contributed by atoms with E-state index in [0.717, 1.165) is 84.5 Å². The summed E-state index contributed by atoms with van der Waals surface area (Å²) in [6.07, 6.45) is 9.60. The highest BCUT2D eigenvalue weighted by Gasteiger charge is 2.20. The minimum atomic E-state index is 0.201. The maximum Gasteiger partial charge on any atom is 0.164 e. The van der Waals surface area contributed by atoms with E-state index in [1.165, 1.54) is 20.2 Å². The first-order valence-electron chi connectivity index (χ1n) is 20.8. The van der Waals surface area contributed by atoms with Crippen molar-refractivity contribution >= 4 is 53.4 Å². The number of hydrogen-bond donors (Lipinski definition) is 0. The lowest BCUT2D eigenvalue weighted by molar-refractivity contribution is 0.669. The molecule has 0 N–H and O–H groups in total. The van der Waals surface area contributed by atoms with Crippen molar-refractivity contribution in [3.63, 3.8) is 0 Å². The van der Waals surface area contributed by atoms with Crippen molar-refractivity contribution in [1.82, 2.24) is 24.9 Å². The van der Waals surface area contributed by atoms with Crippen LogP contribution < -0.4 is 0 Å². The third-order valence-corrected chi connectivity index (χ3v) is 12.8. The summed E-state index contributed by atoms with van der Waals surface area (Å²) in [5, 5.41) is 4.40. The zero-order chi connectivity index (χ0) is 41.0. The molecule has 0 fully saturated rings. The van der Waals surface area contributed by atoms with Gasteiger partial charge in [-0.05, 0) is 47.9 Å². The van der Waals surface area contributed by atoms with Crippen LogP contribution in [-0.2, 0) is 0 Å². The maximum atomic E-state index is 6.23. The SMILES string of the molecule is C1=CCC(c2cc(-c3ccccc3)nc(-c3cccc4sc5cc(-c6ccc(-c7nc(-c8ccccc8)nc(-c8cccc9oc%10ccccc%10c89)n7)cc6)ccc5c34)n2)C=C1. The Hall–Kier alpha value is -7.87. The fourth-order valence-electron chi connectivity index (χ4n) is 8.64. The Balaban J connectivity index is 0.926. The predicted octanol–water partition coefficient (Wildman–Crippen LogP) is 14.5. The lowest BCUT2D eigenvalue weighted by atomic mass is 9.95. The number of furan rings is 1. The summed E-state index contributed by atoms with van der Waals surface area (Å²) in [6, 6.07) is 58.6. The van der Waals surface area contributed by atoms with Gasteiger partial charge >= 0.3 is 0 Å². The molecule has 1 aliphatic carbocycles. The smallest absolute Gasteiger partial charge is 0.164 e. The predicted molar refractivity (Wildman–Crippen MR) is 254 cm³/mol. The summed E-state index contributed by atoms with van der Waals surface area (Å²) in [6.45, 7) is 0. The van der Waals surface area contributed by atoms with E-state index in [2.05, 4.69) is 127 Å². The van der Waals surface area contributed by atoms with Gasteiger partial charge in [-0.25, -0.2) is 24.9 Å². The van der Waals surface area contributed by atoms with Crippen molar-refractivity contribution in [2.75, 3.05) is 0 Å². The van der Waals surface area contributed by atoms with E-state index in [0.29, 0.717) is 17.5 Å². The Morgan fingerprint density at radius 3 is 1.87 bits per heavy atom. The molecular formula is C55H35N5OS. The second-order valence-corrected chi connectivity index (χ2v) is 16.6. The summed E-state index contributed by atoms with van der Waals surface area (Å²) in [4.78, 5) is 25.6. The van der Waals surface area contributed by atoms with E-state index < -0.39 is 0 Å². The lowest BCUT2D eigenvalue weighted by Crippen LogP contribution is -2.04. The molecule has 4 aromatic heterocycles. The zero-order valence-electron chi connectivity index (χ0n) is 33.3. The van der Waals surface area contributed by atoms with Crippen LogP contribution in [0.5, 0.6) is 0 Å². The first-order valence-corrected chi connectivity index (χ1v) is 21.6. The highest BCUT2D eigenvalue weighted by molar-refractivity contribution is 7.26. The molecule has 1 aliphatic rings. The molecule has 62 heavy (non-hydrogen) atoms. The minimum Gasteiger partial charge on any atom is -0.456 e. The number of benzene rings is 7. The van der Waals surface area contributed by atoms with Crippen LogP contribution in [0.1, 0.15) is 18.0 Å². The number of nitrogens with zero attached hydrogens (tertiary/aromatic N) is 5. The van der Waals surface area contributed by atoms with Gasteiger partial charge in [0.2, 0.25) is 0 Å². The van der Waals surface area contributed by atoms with Gasteiger partial charge < -0.3 is 4.42 Å². The van der Waals surface area contributed by atoms with Crippen LogP contribution >= 0.6 is 11.3 Å². The number of aromatic nitrogens is 5. The van der Waals surface area contributed by atoms with E-state index in [-0.39, 0.29) is 5.92 Å². The topological polar surface area (TPSA) is 77.6 Å². The van der Waals surface area contributed by atoms with Crippen molar-refractivity contribution in [3.8, 4) is 67.9 Å². The van der Waals surface area contributed by atoms with Crippen LogP contribution in [0.2, 0.25) is 0 Å². The van der Waals surface area contributed by atoms with Crippen LogP contribution in [0.3, 0.4) is 0 Å². The Morgan fingerprint density at radius 1 is 0.435 bits per heavy atom. The first-order chi connectivity index (χ1) is 30.7. The van der Waals surface area contributed by atoms with Gasteiger partial charge in [-0.15, -0.1) is 11.3 Å². The maximum absolute atomic E-state index is 6.23. The molecule has 1 unspecified atom stereocenters. The van der Waals surface area contributed by atoms with Crippen LogP contribution in [0.4, 0.5) is 0 Å². The molecule has 12 rings (SSSR count). The highest BCUT2D eigenvalue weighted by atomic mass is 32.1. The van der Waals surface area contributed by atoms with E-state index in [1.807, 2.05) is 66.7 Å². The molecule has 11 aromatic rings. The average molecular weight is 814 g/mol. The molecule has 0 saturated heterocycles. The Morgan fingerprint density at radius 2 is 1.08 bits per heavy atom. The number of allylic oxidation sites excluding steroid dienone is 4. The van der Waals surface area contributed by atoms with Crippen molar-refractivity contribution in [3.05, 3.63) is 200 Å². The molecule has 4 heterocycles. The van der Waals surface area contributed by atoms with Gasteiger partial charge in [0.15, 0.2) is 23.3 Å². The highest BCUT2D eigenvalue weighted by Crippen LogP contribution is 2.42. The van der Waals surface area contributed by atoms with Gasteiger partial charge in [0.05, 0.1) is 11.4 Å². The van der Waals surface area contributed by atoms with Gasteiger partial charge in [-0.1, -0.05) is 164 Å². The molecule has 0 amide bonds. The third kappa shape index (κ3) is 6.38. The van der Waals surface area contributed by atoms with E-state index >= 15 is 0 Å². The van der Waals surface area contributed by atoms with Gasteiger partial charge in [0.25, 0.3) is 0 Å². The molecule has 0 bridgehead atoms.